The molecule has 1 aromatic carbocycles. The third kappa shape index (κ3) is 3.82. The summed E-state index contributed by atoms with van der Waals surface area (Å²) in [5.41, 5.74) is 0. The van der Waals surface area contributed by atoms with Gasteiger partial charge in [-0.2, -0.15) is 0 Å². The number of carbonyl (C=O) groups is 1. The second kappa shape index (κ2) is 6.02. The molecule has 1 aromatic rings. The number of carbonyl (C=O) groups excluding carboxylic acids is 1. The molecule has 0 radical (unpaired) electrons. The molecule has 0 saturated carbocycles. The van der Waals surface area contributed by atoms with Crippen molar-refractivity contribution < 1.29 is 18.3 Å². The fourth-order valence-electron chi connectivity index (χ4n) is 0.973. The van der Waals surface area contributed by atoms with Gasteiger partial charge in [-0.25, -0.2) is 13.6 Å². The van der Waals surface area contributed by atoms with E-state index >= 15 is 0 Å². The third-order valence-electron chi connectivity index (χ3n) is 1.75. The monoisotopic (exact) mass is 230 g/mol. The molecule has 0 heterocycles. The Bertz CT molecular complexity index is 372. The summed E-state index contributed by atoms with van der Waals surface area (Å²) in [7, 11) is 1.74. The summed E-state index contributed by atoms with van der Waals surface area (Å²) in [6, 6.07) is 2.88. The second-order valence-electron chi connectivity index (χ2n) is 3.00. The minimum absolute atomic E-state index is 0.0409. The summed E-state index contributed by atoms with van der Waals surface area (Å²) in [4.78, 5) is 11.1. The van der Waals surface area contributed by atoms with Gasteiger partial charge in [0.15, 0.2) is 11.6 Å². The first kappa shape index (κ1) is 12.4. The molecule has 0 saturated heterocycles. The number of halogens is 2. The number of hydrogen-bond acceptors (Lipinski definition) is 3. The minimum atomic E-state index is -1.06. The number of ether oxygens (including phenoxy) is 1. The van der Waals surface area contributed by atoms with Gasteiger partial charge in [-0.1, -0.05) is 0 Å². The minimum Gasteiger partial charge on any atom is -0.410 e. The molecule has 16 heavy (non-hydrogen) atoms. The molecule has 4 nitrogen and oxygen atoms in total. The van der Waals surface area contributed by atoms with Gasteiger partial charge < -0.3 is 15.4 Å². The van der Waals surface area contributed by atoms with Crippen molar-refractivity contribution in [3.8, 4) is 5.75 Å². The Hall–Kier alpha value is -1.69. The zero-order chi connectivity index (χ0) is 12.0. The predicted molar refractivity (Wildman–Crippen MR) is 54.3 cm³/mol. The molecule has 1 rings (SSSR count). The quantitative estimate of drug-likeness (QED) is 0.766. The topological polar surface area (TPSA) is 50.4 Å². The molecule has 0 aliphatic rings. The van der Waals surface area contributed by atoms with E-state index in [9.17, 15) is 13.6 Å². The molecule has 0 aromatic heterocycles. The Morgan fingerprint density at radius 3 is 2.69 bits per heavy atom. The fraction of sp³-hybridized carbons (Fsp3) is 0.300. The van der Waals surface area contributed by atoms with Gasteiger partial charge in [-0.15, -0.1) is 0 Å². The van der Waals surface area contributed by atoms with Crippen LogP contribution in [0.2, 0.25) is 0 Å². The maximum atomic E-state index is 12.7. The van der Waals surface area contributed by atoms with Crippen LogP contribution in [0.15, 0.2) is 18.2 Å². The summed E-state index contributed by atoms with van der Waals surface area (Å²) < 4.78 is 30.0. The van der Waals surface area contributed by atoms with E-state index in [1.54, 1.807) is 7.05 Å². The maximum absolute atomic E-state index is 12.7. The predicted octanol–water partition coefficient (Wildman–Crippen LogP) is 1.27. The Kier molecular flexibility index (Phi) is 4.65. The van der Waals surface area contributed by atoms with Crippen LogP contribution < -0.4 is 15.4 Å². The van der Waals surface area contributed by atoms with Crippen LogP contribution in [0.3, 0.4) is 0 Å². The summed E-state index contributed by atoms with van der Waals surface area (Å²) in [5.74, 6) is -2.08. The van der Waals surface area contributed by atoms with Crippen LogP contribution in [0, 0.1) is 11.6 Å². The van der Waals surface area contributed by atoms with Crippen molar-refractivity contribution >= 4 is 6.09 Å². The molecule has 1 amide bonds. The highest BCUT2D eigenvalue weighted by molar-refractivity contribution is 5.70. The number of hydrogen-bond donors (Lipinski definition) is 2. The molecular formula is C10H12F2N2O2. The van der Waals surface area contributed by atoms with Gasteiger partial charge >= 0.3 is 6.09 Å². The standard InChI is InChI=1S/C10H12F2N2O2/c1-13-4-5-14-10(15)16-7-2-3-8(11)9(12)6-7/h2-3,6,13H,4-5H2,1H3,(H,14,15). The van der Waals surface area contributed by atoms with E-state index in [-0.39, 0.29) is 5.75 Å². The van der Waals surface area contributed by atoms with Gasteiger partial charge in [0, 0.05) is 19.2 Å². The number of likely N-dealkylation sites (N-methyl/N-ethyl adjacent to an activating group) is 1. The van der Waals surface area contributed by atoms with Crippen LogP contribution in [0.25, 0.3) is 0 Å². The molecule has 0 aliphatic heterocycles. The van der Waals surface area contributed by atoms with Gasteiger partial charge in [0.1, 0.15) is 5.75 Å². The van der Waals surface area contributed by atoms with E-state index in [1.165, 1.54) is 6.07 Å². The first-order valence-electron chi connectivity index (χ1n) is 4.69. The first-order chi connectivity index (χ1) is 7.63. The zero-order valence-electron chi connectivity index (χ0n) is 8.72. The lowest BCUT2D eigenvalue weighted by Gasteiger charge is -2.06. The van der Waals surface area contributed by atoms with Gasteiger partial charge in [-0.3, -0.25) is 0 Å². The number of rotatable bonds is 4. The van der Waals surface area contributed by atoms with Crippen LogP contribution in [-0.4, -0.2) is 26.2 Å². The van der Waals surface area contributed by atoms with E-state index in [1.807, 2.05) is 0 Å². The summed E-state index contributed by atoms with van der Waals surface area (Å²) in [5, 5.41) is 5.25. The maximum Gasteiger partial charge on any atom is 0.412 e. The lowest BCUT2D eigenvalue weighted by Crippen LogP contribution is -2.32. The van der Waals surface area contributed by atoms with E-state index in [0.29, 0.717) is 13.1 Å². The van der Waals surface area contributed by atoms with Crippen molar-refractivity contribution in [2.24, 2.45) is 0 Å². The molecule has 0 bridgehead atoms. The molecular weight excluding hydrogens is 218 g/mol. The average Bonchev–Trinajstić information content (AvgIpc) is 2.24. The van der Waals surface area contributed by atoms with Crippen LogP contribution >= 0.6 is 0 Å². The molecule has 2 N–H and O–H groups in total. The highest BCUT2D eigenvalue weighted by atomic mass is 19.2. The van der Waals surface area contributed by atoms with Crippen LogP contribution in [0.1, 0.15) is 0 Å². The molecule has 0 fully saturated rings. The van der Waals surface area contributed by atoms with Crippen molar-refractivity contribution in [1.82, 2.24) is 10.6 Å². The fourth-order valence-corrected chi connectivity index (χ4v) is 0.973. The van der Waals surface area contributed by atoms with E-state index < -0.39 is 17.7 Å². The van der Waals surface area contributed by atoms with E-state index in [2.05, 4.69) is 10.6 Å². The molecule has 0 unspecified atom stereocenters. The average molecular weight is 230 g/mol. The van der Waals surface area contributed by atoms with Crippen LogP contribution in [-0.2, 0) is 0 Å². The third-order valence-corrected chi connectivity index (χ3v) is 1.75. The first-order valence-corrected chi connectivity index (χ1v) is 4.69. The van der Waals surface area contributed by atoms with E-state index in [0.717, 1.165) is 12.1 Å². The van der Waals surface area contributed by atoms with E-state index in [4.69, 9.17) is 4.74 Å². The van der Waals surface area contributed by atoms with Gasteiger partial charge in [-0.05, 0) is 19.2 Å². The molecule has 0 spiro atoms. The molecule has 88 valence electrons. The second-order valence-corrected chi connectivity index (χ2v) is 3.00. The van der Waals surface area contributed by atoms with Crippen LogP contribution in [0.4, 0.5) is 13.6 Å². The number of amides is 1. The summed E-state index contributed by atoms with van der Waals surface area (Å²) >= 11 is 0. The normalized spacial score (nSPS) is 9.94. The Morgan fingerprint density at radius 2 is 2.06 bits per heavy atom. The highest BCUT2D eigenvalue weighted by Crippen LogP contribution is 2.15. The lowest BCUT2D eigenvalue weighted by atomic mass is 10.3. The lowest BCUT2D eigenvalue weighted by molar-refractivity contribution is 0.200. The Morgan fingerprint density at radius 1 is 1.31 bits per heavy atom. The Labute approximate surface area is 91.6 Å². The SMILES string of the molecule is CNCCNC(=O)Oc1ccc(F)c(F)c1. The van der Waals surface area contributed by atoms with Crippen molar-refractivity contribution in [2.45, 2.75) is 0 Å². The van der Waals surface area contributed by atoms with Crippen molar-refractivity contribution in [3.63, 3.8) is 0 Å². The van der Waals surface area contributed by atoms with Gasteiger partial charge in [0.05, 0.1) is 0 Å². The highest BCUT2D eigenvalue weighted by Gasteiger charge is 2.07. The summed E-state index contributed by atoms with van der Waals surface area (Å²) in [6.07, 6.45) is -0.707. The van der Waals surface area contributed by atoms with Crippen LogP contribution in [0.5, 0.6) is 5.75 Å². The molecule has 0 aliphatic carbocycles. The molecule has 0 atom stereocenters. The van der Waals surface area contributed by atoms with Crippen molar-refractivity contribution in [1.29, 1.82) is 0 Å². The summed E-state index contributed by atoms with van der Waals surface area (Å²) in [6.45, 7) is 0.978. The molecule has 6 heteroatoms. The van der Waals surface area contributed by atoms with Crippen molar-refractivity contribution in [3.05, 3.63) is 29.8 Å². The van der Waals surface area contributed by atoms with Gasteiger partial charge in [0.2, 0.25) is 0 Å². The largest absolute Gasteiger partial charge is 0.412 e. The number of nitrogens with one attached hydrogen (secondary N) is 2. The van der Waals surface area contributed by atoms with Gasteiger partial charge in [0.25, 0.3) is 0 Å². The Balaban J connectivity index is 2.46. The zero-order valence-corrected chi connectivity index (χ0v) is 8.72. The van der Waals surface area contributed by atoms with Crippen molar-refractivity contribution in [2.75, 3.05) is 20.1 Å². The smallest absolute Gasteiger partial charge is 0.410 e. The number of benzene rings is 1.